The van der Waals surface area contributed by atoms with E-state index in [9.17, 15) is 14.3 Å². The summed E-state index contributed by atoms with van der Waals surface area (Å²) in [4.78, 5) is 24.3. The summed E-state index contributed by atoms with van der Waals surface area (Å²) in [6.45, 7) is 4.30. The molecule has 44 heavy (non-hydrogen) atoms. The molecule has 0 saturated heterocycles. The summed E-state index contributed by atoms with van der Waals surface area (Å²) in [5, 5.41) is 16.6. The molecule has 3 aromatic carbocycles. The van der Waals surface area contributed by atoms with Crippen LogP contribution in [0.3, 0.4) is 0 Å². The van der Waals surface area contributed by atoms with E-state index in [-0.39, 0.29) is 11.6 Å². The van der Waals surface area contributed by atoms with Gasteiger partial charge in [-0.3, -0.25) is 4.90 Å². The Labute approximate surface area is 251 Å². The van der Waals surface area contributed by atoms with E-state index in [4.69, 9.17) is 15.2 Å². The highest BCUT2D eigenvalue weighted by atomic mass is 19.1. The molecular weight excluding hydrogens is 559 g/mol. The molecule has 9 nitrogen and oxygen atoms in total. The predicted molar refractivity (Wildman–Crippen MR) is 167 cm³/mol. The van der Waals surface area contributed by atoms with Crippen molar-refractivity contribution in [1.29, 1.82) is 0 Å². The van der Waals surface area contributed by atoms with Gasteiger partial charge in [-0.1, -0.05) is 54.6 Å². The van der Waals surface area contributed by atoms with Crippen molar-refractivity contribution in [2.45, 2.75) is 25.9 Å². The van der Waals surface area contributed by atoms with Crippen LogP contribution < -0.4 is 11.4 Å². The number of halogens is 1. The first kappa shape index (κ1) is 27.5. The maximum atomic E-state index is 14.3. The molecule has 0 amide bonds. The highest BCUT2D eigenvalue weighted by Gasteiger charge is 2.28. The Morgan fingerprint density at radius 1 is 1.05 bits per heavy atom. The zero-order valence-electron chi connectivity index (χ0n) is 23.9. The summed E-state index contributed by atoms with van der Waals surface area (Å²) in [6.07, 6.45) is 4.29. The molecule has 1 unspecified atom stereocenters. The zero-order valence-corrected chi connectivity index (χ0v) is 23.9. The van der Waals surface area contributed by atoms with Crippen LogP contribution in [-0.2, 0) is 6.54 Å². The fourth-order valence-corrected chi connectivity index (χ4v) is 6.06. The topological polar surface area (TPSA) is 123 Å². The Bertz CT molecular complexity index is 2100. The van der Waals surface area contributed by atoms with Crippen LogP contribution in [0.1, 0.15) is 36.3 Å². The fraction of sp³-hybridized carbons (Fsp3) is 0.176. The van der Waals surface area contributed by atoms with Gasteiger partial charge in [-0.2, -0.15) is 5.10 Å². The van der Waals surface area contributed by atoms with Gasteiger partial charge in [0.1, 0.15) is 41.2 Å². The second kappa shape index (κ2) is 11.1. The van der Waals surface area contributed by atoms with Crippen LogP contribution in [0.15, 0.2) is 94.4 Å². The molecule has 3 aromatic heterocycles. The van der Waals surface area contributed by atoms with Crippen molar-refractivity contribution in [3.05, 3.63) is 118 Å². The number of aromatic hydroxyl groups is 1. The van der Waals surface area contributed by atoms with Gasteiger partial charge in [0.2, 0.25) is 0 Å². The summed E-state index contributed by atoms with van der Waals surface area (Å²) in [5.74, 6) is -0.286. The summed E-state index contributed by atoms with van der Waals surface area (Å²) < 4.78 is 22.0. The molecular formula is C34H29FN6O3. The molecule has 1 atom stereocenters. The molecule has 1 aliphatic rings. The van der Waals surface area contributed by atoms with Gasteiger partial charge in [0.25, 0.3) is 0 Å². The van der Waals surface area contributed by atoms with Gasteiger partial charge in [-0.15, -0.1) is 0 Å². The molecule has 4 heterocycles. The molecule has 1 aliphatic heterocycles. The number of nitrogens with two attached hydrogens (primary N) is 1. The van der Waals surface area contributed by atoms with Crippen LogP contribution in [0.4, 0.5) is 10.2 Å². The average Bonchev–Trinajstić information content (AvgIpc) is 3.42. The van der Waals surface area contributed by atoms with Gasteiger partial charge < -0.3 is 15.3 Å². The third-order valence-electron chi connectivity index (χ3n) is 8.15. The van der Waals surface area contributed by atoms with Gasteiger partial charge in [-0.05, 0) is 48.1 Å². The van der Waals surface area contributed by atoms with Crippen LogP contribution >= 0.6 is 0 Å². The molecule has 0 radical (unpaired) electrons. The van der Waals surface area contributed by atoms with Crippen molar-refractivity contribution in [3.63, 3.8) is 0 Å². The Balaban J connectivity index is 1.37. The Morgan fingerprint density at radius 2 is 1.82 bits per heavy atom. The molecule has 6 aromatic rings. The maximum absolute atomic E-state index is 14.3. The highest BCUT2D eigenvalue weighted by molar-refractivity contribution is 5.99. The summed E-state index contributed by atoms with van der Waals surface area (Å²) in [6, 6.07) is 20.9. The first-order valence-electron chi connectivity index (χ1n) is 14.4. The van der Waals surface area contributed by atoms with Crippen LogP contribution in [0, 0.1) is 5.82 Å². The lowest BCUT2D eigenvalue weighted by Crippen LogP contribution is -2.28. The molecule has 3 N–H and O–H groups in total. The van der Waals surface area contributed by atoms with Crippen molar-refractivity contribution in [3.8, 4) is 17.0 Å². The lowest BCUT2D eigenvalue weighted by molar-refractivity contribution is 0.293. The first-order valence-corrected chi connectivity index (χ1v) is 14.4. The number of nitrogens with zero attached hydrogens (tertiary/aromatic N) is 5. The minimum Gasteiger partial charge on any atom is -0.508 e. The number of phenols is 1. The van der Waals surface area contributed by atoms with Crippen LogP contribution in [0.25, 0.3) is 38.6 Å². The normalized spacial score (nSPS) is 14.6. The molecule has 0 bridgehead atoms. The van der Waals surface area contributed by atoms with Crippen LogP contribution in [0.5, 0.6) is 5.75 Å². The Kier molecular flexibility index (Phi) is 6.90. The molecule has 220 valence electrons. The third-order valence-corrected chi connectivity index (χ3v) is 8.15. The van der Waals surface area contributed by atoms with Gasteiger partial charge in [0, 0.05) is 36.8 Å². The number of hydrogen-bond acceptors (Lipinski definition) is 8. The standard InChI is InChI=1S/C34H29FN6O3/c1-20(41-33-29(32(36)37-19-38-33)30(39-41)23-15-24(35)17-25(42)16-23)31-28(26-9-5-6-10-27(26)34(43)44-31)22-11-13-40(14-12-22)18-21-7-3-2-4-8-21/h2-11,15-17,19-20,42H,12-14,18H2,1H3,(H2,36,37,38). The number of aromatic nitrogens is 4. The van der Waals surface area contributed by atoms with Gasteiger partial charge in [0.15, 0.2) is 5.65 Å². The quantitative estimate of drug-likeness (QED) is 0.246. The second-order valence-electron chi connectivity index (χ2n) is 11.0. The predicted octanol–water partition coefficient (Wildman–Crippen LogP) is 5.93. The Morgan fingerprint density at radius 3 is 2.57 bits per heavy atom. The second-order valence-corrected chi connectivity index (χ2v) is 11.0. The van der Waals surface area contributed by atoms with Gasteiger partial charge in [0.05, 0.1) is 10.8 Å². The van der Waals surface area contributed by atoms with E-state index in [0.717, 1.165) is 48.6 Å². The van der Waals surface area contributed by atoms with E-state index in [1.807, 2.05) is 43.3 Å². The van der Waals surface area contributed by atoms with Gasteiger partial charge in [-0.25, -0.2) is 23.8 Å². The summed E-state index contributed by atoms with van der Waals surface area (Å²) in [7, 11) is 0. The SMILES string of the molecule is CC(c1oc(=O)c2ccccc2c1C1=CCN(Cc2ccccc2)CC1)n1nc(-c2cc(O)cc(F)c2)c2c(N)ncnc21. The van der Waals surface area contributed by atoms with E-state index in [1.54, 1.807) is 10.7 Å². The van der Waals surface area contributed by atoms with E-state index in [0.29, 0.717) is 33.4 Å². The molecule has 10 heteroatoms. The minimum atomic E-state index is -0.625. The fourth-order valence-electron chi connectivity index (χ4n) is 6.06. The number of anilines is 1. The minimum absolute atomic E-state index is 0.154. The smallest absolute Gasteiger partial charge is 0.343 e. The molecule has 0 spiro atoms. The molecule has 0 saturated carbocycles. The maximum Gasteiger partial charge on any atom is 0.343 e. The van der Waals surface area contributed by atoms with Crippen molar-refractivity contribution < 1.29 is 13.9 Å². The summed E-state index contributed by atoms with van der Waals surface area (Å²) in [5.41, 5.74) is 10.0. The summed E-state index contributed by atoms with van der Waals surface area (Å²) >= 11 is 0. The Hall–Kier alpha value is -5.35. The highest BCUT2D eigenvalue weighted by Crippen LogP contribution is 2.38. The lowest BCUT2D eigenvalue weighted by atomic mass is 9.92. The number of fused-ring (bicyclic) bond motifs is 2. The van der Waals surface area contributed by atoms with Gasteiger partial charge >= 0.3 is 5.63 Å². The van der Waals surface area contributed by atoms with E-state index in [1.165, 1.54) is 24.0 Å². The first-order chi connectivity index (χ1) is 21.4. The van der Waals surface area contributed by atoms with Crippen LogP contribution in [-0.4, -0.2) is 42.8 Å². The van der Waals surface area contributed by atoms with Crippen LogP contribution in [0.2, 0.25) is 0 Å². The monoisotopic (exact) mass is 588 g/mol. The number of rotatable bonds is 6. The molecule has 7 rings (SSSR count). The van der Waals surface area contributed by atoms with Crippen molar-refractivity contribution in [1.82, 2.24) is 24.6 Å². The van der Waals surface area contributed by atoms with Crippen molar-refractivity contribution in [2.75, 3.05) is 18.8 Å². The zero-order chi connectivity index (χ0) is 30.4. The van der Waals surface area contributed by atoms with E-state index < -0.39 is 17.5 Å². The molecule has 0 aliphatic carbocycles. The largest absolute Gasteiger partial charge is 0.508 e. The van der Waals surface area contributed by atoms with E-state index in [2.05, 4.69) is 33.1 Å². The van der Waals surface area contributed by atoms with Crippen molar-refractivity contribution >= 4 is 33.2 Å². The average molecular weight is 589 g/mol. The number of benzene rings is 3. The van der Waals surface area contributed by atoms with E-state index >= 15 is 0 Å². The number of nitrogen functional groups attached to an aromatic ring is 1. The number of phenolic OH excluding ortho intramolecular Hbond substituents is 1. The molecule has 0 fully saturated rings. The third kappa shape index (κ3) is 4.88. The number of hydrogen-bond donors (Lipinski definition) is 2. The lowest BCUT2D eigenvalue weighted by Gasteiger charge is -2.28. The van der Waals surface area contributed by atoms with Crippen molar-refractivity contribution in [2.24, 2.45) is 0 Å².